The number of nitrogens with one attached hydrogen (secondary N) is 2. The highest BCUT2D eigenvalue weighted by Gasteiger charge is 2.08. The van der Waals surface area contributed by atoms with Crippen LogP contribution >= 0.6 is 0 Å². The second kappa shape index (κ2) is 8.00. The summed E-state index contributed by atoms with van der Waals surface area (Å²) in [5, 5.41) is 9.25. The predicted molar refractivity (Wildman–Crippen MR) is 89.0 cm³/mol. The van der Waals surface area contributed by atoms with Crippen LogP contribution in [0.1, 0.15) is 5.69 Å². The van der Waals surface area contributed by atoms with Gasteiger partial charge in [-0.25, -0.2) is 0 Å². The van der Waals surface area contributed by atoms with Gasteiger partial charge in [0.15, 0.2) is 6.61 Å². The van der Waals surface area contributed by atoms with E-state index >= 15 is 0 Å². The van der Waals surface area contributed by atoms with Gasteiger partial charge in [0.25, 0.3) is 5.91 Å². The van der Waals surface area contributed by atoms with Gasteiger partial charge in [0, 0.05) is 31.9 Å². The summed E-state index contributed by atoms with van der Waals surface area (Å²) in [6.45, 7) is 1.78. The van der Waals surface area contributed by atoms with Crippen molar-refractivity contribution in [3.63, 3.8) is 0 Å². The lowest BCUT2D eigenvalue weighted by atomic mass is 10.3. The van der Waals surface area contributed by atoms with Gasteiger partial charge in [-0.2, -0.15) is 0 Å². The van der Waals surface area contributed by atoms with Crippen molar-refractivity contribution in [3.8, 4) is 5.75 Å². The van der Waals surface area contributed by atoms with Crippen LogP contribution in [0, 0.1) is 6.92 Å². The van der Waals surface area contributed by atoms with Crippen molar-refractivity contribution in [2.45, 2.75) is 6.92 Å². The number of carbonyl (C=O) groups is 2. The van der Waals surface area contributed by atoms with E-state index in [1.165, 1.54) is 4.90 Å². The summed E-state index contributed by atoms with van der Waals surface area (Å²) >= 11 is 0. The first-order valence-corrected chi connectivity index (χ1v) is 7.34. The van der Waals surface area contributed by atoms with Gasteiger partial charge in [0.1, 0.15) is 5.75 Å². The normalized spacial score (nSPS) is 10.1. The Morgan fingerprint density at radius 1 is 1.29 bits per heavy atom. The van der Waals surface area contributed by atoms with Crippen molar-refractivity contribution in [3.05, 3.63) is 36.0 Å². The van der Waals surface area contributed by atoms with Gasteiger partial charge < -0.3 is 19.5 Å². The molecule has 0 aliphatic rings. The predicted octanol–water partition coefficient (Wildman–Crippen LogP) is 1.50. The van der Waals surface area contributed by atoms with Crippen molar-refractivity contribution in [1.29, 1.82) is 0 Å². The Hall–Kier alpha value is -3.03. The molecule has 0 bridgehead atoms. The lowest BCUT2D eigenvalue weighted by Crippen LogP contribution is -2.27. The maximum atomic E-state index is 11.8. The fraction of sp³-hybridized carbons (Fsp3) is 0.312. The van der Waals surface area contributed by atoms with Gasteiger partial charge >= 0.3 is 0 Å². The summed E-state index contributed by atoms with van der Waals surface area (Å²) in [7, 11) is 3.33. The molecule has 1 aromatic heterocycles. The second-order valence-corrected chi connectivity index (χ2v) is 5.34. The van der Waals surface area contributed by atoms with E-state index < -0.39 is 0 Å². The number of aryl methyl sites for hydroxylation is 1. The fourth-order valence-electron chi connectivity index (χ4n) is 1.76. The third-order valence-electron chi connectivity index (χ3n) is 3.04. The number of ether oxygens (including phenoxy) is 1. The molecule has 1 heterocycles. The fourth-order valence-corrected chi connectivity index (χ4v) is 1.76. The van der Waals surface area contributed by atoms with E-state index in [4.69, 9.17) is 9.26 Å². The van der Waals surface area contributed by atoms with Crippen molar-refractivity contribution >= 4 is 23.4 Å². The van der Waals surface area contributed by atoms with Crippen LogP contribution in [0.4, 0.5) is 11.6 Å². The van der Waals surface area contributed by atoms with Gasteiger partial charge in [-0.3, -0.25) is 14.9 Å². The van der Waals surface area contributed by atoms with Crippen molar-refractivity contribution in [2.75, 3.05) is 37.9 Å². The van der Waals surface area contributed by atoms with Crippen LogP contribution in [0.3, 0.4) is 0 Å². The van der Waals surface area contributed by atoms with Crippen LogP contribution in [0.5, 0.6) is 5.75 Å². The number of anilines is 2. The minimum absolute atomic E-state index is 0.0399. The standard InChI is InChI=1S/C16H20N4O4/c1-11-7-15(24-19-11)18-14(21)9-17-12-5-4-6-13(8-12)23-10-16(22)20(2)3/h4-8,17H,9-10H2,1-3H3,(H,18,21). The average molecular weight is 332 g/mol. The Labute approximate surface area is 139 Å². The molecule has 8 nitrogen and oxygen atoms in total. The lowest BCUT2D eigenvalue weighted by Gasteiger charge is -2.12. The van der Waals surface area contributed by atoms with E-state index in [1.54, 1.807) is 51.4 Å². The van der Waals surface area contributed by atoms with Crippen LogP contribution in [-0.2, 0) is 9.59 Å². The summed E-state index contributed by atoms with van der Waals surface area (Å²) in [5.74, 6) is 0.454. The van der Waals surface area contributed by atoms with Gasteiger partial charge in [-0.05, 0) is 19.1 Å². The molecular formula is C16H20N4O4. The van der Waals surface area contributed by atoms with E-state index in [9.17, 15) is 9.59 Å². The minimum Gasteiger partial charge on any atom is -0.484 e. The molecule has 0 aliphatic carbocycles. The van der Waals surface area contributed by atoms with E-state index in [0.29, 0.717) is 23.0 Å². The topological polar surface area (TPSA) is 96.7 Å². The molecule has 2 amide bonds. The number of amides is 2. The molecule has 24 heavy (non-hydrogen) atoms. The average Bonchev–Trinajstić information content (AvgIpc) is 2.96. The number of aromatic nitrogens is 1. The molecule has 2 aromatic rings. The van der Waals surface area contributed by atoms with E-state index in [2.05, 4.69) is 15.8 Å². The Kier molecular flexibility index (Phi) is 5.78. The summed E-state index contributed by atoms with van der Waals surface area (Å²) in [6, 6.07) is 8.66. The number of benzene rings is 1. The number of likely N-dealkylation sites (N-methyl/N-ethyl adjacent to an activating group) is 1. The molecule has 2 N–H and O–H groups in total. The zero-order chi connectivity index (χ0) is 17.5. The molecule has 2 rings (SSSR count). The van der Waals surface area contributed by atoms with Gasteiger partial charge in [0.2, 0.25) is 11.8 Å². The zero-order valence-corrected chi connectivity index (χ0v) is 13.8. The van der Waals surface area contributed by atoms with Crippen molar-refractivity contribution in [1.82, 2.24) is 10.1 Å². The molecule has 0 fully saturated rings. The highest BCUT2D eigenvalue weighted by molar-refractivity contribution is 5.92. The van der Waals surface area contributed by atoms with Gasteiger partial charge in [0.05, 0.1) is 12.2 Å². The first kappa shape index (κ1) is 17.3. The first-order valence-electron chi connectivity index (χ1n) is 7.34. The van der Waals surface area contributed by atoms with Crippen LogP contribution < -0.4 is 15.4 Å². The zero-order valence-electron chi connectivity index (χ0n) is 13.8. The molecule has 0 atom stereocenters. The summed E-state index contributed by atoms with van der Waals surface area (Å²) in [5.41, 5.74) is 1.39. The first-order chi connectivity index (χ1) is 11.4. The molecule has 1 aromatic carbocycles. The van der Waals surface area contributed by atoms with Crippen LogP contribution in [0.2, 0.25) is 0 Å². The minimum atomic E-state index is -0.264. The molecular weight excluding hydrogens is 312 g/mol. The molecule has 0 spiro atoms. The summed E-state index contributed by atoms with van der Waals surface area (Å²) in [6.07, 6.45) is 0. The number of nitrogens with zero attached hydrogens (tertiary/aromatic N) is 2. The number of carbonyl (C=O) groups excluding carboxylic acids is 2. The van der Waals surface area contributed by atoms with E-state index in [-0.39, 0.29) is 25.0 Å². The third-order valence-corrected chi connectivity index (χ3v) is 3.04. The smallest absolute Gasteiger partial charge is 0.259 e. The van der Waals surface area contributed by atoms with Crippen molar-refractivity contribution < 1.29 is 18.8 Å². The molecule has 8 heteroatoms. The highest BCUT2D eigenvalue weighted by Crippen LogP contribution is 2.17. The van der Waals surface area contributed by atoms with Crippen LogP contribution in [-0.4, -0.2) is 49.1 Å². The molecule has 0 saturated heterocycles. The third kappa shape index (κ3) is 5.31. The van der Waals surface area contributed by atoms with Gasteiger partial charge in [-0.1, -0.05) is 11.2 Å². The lowest BCUT2D eigenvalue weighted by molar-refractivity contribution is -0.130. The van der Waals surface area contributed by atoms with Crippen molar-refractivity contribution in [2.24, 2.45) is 0 Å². The SMILES string of the molecule is Cc1cc(NC(=O)CNc2cccc(OCC(=O)N(C)C)c2)on1. The molecule has 0 unspecified atom stereocenters. The maximum Gasteiger partial charge on any atom is 0.259 e. The largest absolute Gasteiger partial charge is 0.484 e. The quantitative estimate of drug-likeness (QED) is 0.797. The molecule has 0 radical (unpaired) electrons. The molecule has 0 aliphatic heterocycles. The number of hydrogen-bond acceptors (Lipinski definition) is 6. The van der Waals surface area contributed by atoms with Gasteiger partial charge in [-0.15, -0.1) is 0 Å². The summed E-state index contributed by atoms with van der Waals surface area (Å²) in [4.78, 5) is 24.8. The van der Waals surface area contributed by atoms with E-state index in [0.717, 1.165) is 0 Å². The Morgan fingerprint density at radius 2 is 2.08 bits per heavy atom. The summed E-state index contributed by atoms with van der Waals surface area (Å²) < 4.78 is 10.3. The number of rotatable bonds is 7. The Bertz CT molecular complexity index is 712. The maximum absolute atomic E-state index is 11.8. The second-order valence-electron chi connectivity index (χ2n) is 5.34. The highest BCUT2D eigenvalue weighted by atomic mass is 16.5. The van der Waals surface area contributed by atoms with Crippen LogP contribution in [0.25, 0.3) is 0 Å². The Balaban J connectivity index is 1.83. The monoisotopic (exact) mass is 332 g/mol. The van der Waals surface area contributed by atoms with E-state index in [1.807, 2.05) is 0 Å². The molecule has 0 saturated carbocycles. The molecule has 128 valence electrons. The Morgan fingerprint density at radius 3 is 2.75 bits per heavy atom. The number of hydrogen-bond donors (Lipinski definition) is 2. The van der Waals surface area contributed by atoms with Crippen LogP contribution in [0.15, 0.2) is 34.9 Å².